The van der Waals surface area contributed by atoms with Gasteiger partial charge in [0.25, 0.3) is 0 Å². The number of halogens is 3. The highest BCUT2D eigenvalue weighted by molar-refractivity contribution is 6.74. The summed E-state index contributed by atoms with van der Waals surface area (Å²) in [5.41, 5.74) is -0.640. The average Bonchev–Trinajstić information content (AvgIpc) is 2.24. The number of hydrogen-bond acceptors (Lipinski definition) is 1. The van der Waals surface area contributed by atoms with Gasteiger partial charge < -0.3 is 17.7 Å². The number of hydrogen-bond donors (Lipinski definition) is 0. The minimum atomic E-state index is -4.99. The van der Waals surface area contributed by atoms with Crippen LogP contribution in [0.5, 0.6) is 5.75 Å². The zero-order valence-corrected chi connectivity index (χ0v) is 9.26. The molecular weight excluding hydrogens is 216 g/mol. The number of rotatable bonds is 6. The molecule has 0 saturated heterocycles. The fourth-order valence-electron chi connectivity index (χ4n) is 1.42. The summed E-state index contributed by atoms with van der Waals surface area (Å²) in [6.07, 6.45) is 2.78. The lowest BCUT2D eigenvalue weighted by molar-refractivity contribution is 0.307. The summed E-state index contributed by atoms with van der Waals surface area (Å²) in [7, 11) is 0. The van der Waals surface area contributed by atoms with Crippen molar-refractivity contribution in [2.45, 2.75) is 26.2 Å². The number of ether oxygens (including phenoxy) is 1. The zero-order valence-electron chi connectivity index (χ0n) is 9.26. The molecule has 0 amide bonds. The molecule has 0 aliphatic rings. The van der Waals surface area contributed by atoms with Crippen LogP contribution in [0.3, 0.4) is 0 Å². The van der Waals surface area contributed by atoms with Crippen LogP contribution in [0.15, 0.2) is 24.3 Å². The Bertz CT molecular complexity index is 325. The Morgan fingerprint density at radius 1 is 1.12 bits per heavy atom. The average molecular weight is 231 g/mol. The third-order valence-electron chi connectivity index (χ3n) is 2.28. The second-order valence-corrected chi connectivity index (χ2v) is 3.67. The van der Waals surface area contributed by atoms with E-state index in [-0.39, 0.29) is 5.75 Å². The molecule has 1 rings (SSSR count). The van der Waals surface area contributed by atoms with Crippen molar-refractivity contribution in [2.75, 3.05) is 6.61 Å². The summed E-state index contributed by atoms with van der Waals surface area (Å²) >= 11 is 0. The van der Waals surface area contributed by atoms with Crippen LogP contribution in [0.2, 0.25) is 0 Å². The van der Waals surface area contributed by atoms with E-state index in [4.69, 9.17) is 4.74 Å². The molecule has 0 saturated carbocycles. The van der Waals surface area contributed by atoms with Crippen LogP contribution in [0, 0.1) is 0 Å². The molecule has 1 aromatic carbocycles. The van der Waals surface area contributed by atoms with E-state index in [2.05, 4.69) is 0 Å². The molecule has 0 aliphatic heterocycles. The van der Waals surface area contributed by atoms with Crippen LogP contribution < -0.4 is 10.2 Å². The Balaban J connectivity index is 2.65. The van der Waals surface area contributed by atoms with Crippen LogP contribution in [0.25, 0.3) is 0 Å². The van der Waals surface area contributed by atoms with Gasteiger partial charge in [0.05, 0.1) is 12.4 Å². The highest BCUT2D eigenvalue weighted by Gasteiger charge is 2.28. The monoisotopic (exact) mass is 231 g/mol. The predicted molar refractivity (Wildman–Crippen MR) is 60.2 cm³/mol. The first kappa shape index (κ1) is 12.9. The van der Waals surface area contributed by atoms with E-state index in [0.717, 1.165) is 25.3 Å². The maximum atomic E-state index is 12.6. The van der Waals surface area contributed by atoms with Crippen molar-refractivity contribution in [1.82, 2.24) is 0 Å². The van der Waals surface area contributed by atoms with Crippen molar-refractivity contribution in [3.8, 4) is 5.75 Å². The van der Waals surface area contributed by atoms with E-state index in [1.807, 2.05) is 6.92 Å². The van der Waals surface area contributed by atoms with Gasteiger partial charge in [0.1, 0.15) is 0 Å². The maximum absolute atomic E-state index is 12.6. The Morgan fingerprint density at radius 2 is 1.81 bits per heavy atom. The predicted octanol–water partition coefficient (Wildman–Crippen LogP) is 3.31. The van der Waals surface area contributed by atoms with Gasteiger partial charge in [0, 0.05) is 0 Å². The Kier molecular flexibility index (Phi) is 4.71. The number of unbranched alkanes of at least 4 members (excludes halogenated alkanes) is 2. The highest BCUT2D eigenvalue weighted by Crippen LogP contribution is 2.17. The minimum absolute atomic E-state index is 0.0499. The molecule has 1 aromatic rings. The number of benzene rings is 1. The molecule has 0 radical (unpaired) electrons. The van der Waals surface area contributed by atoms with Gasteiger partial charge in [-0.1, -0.05) is 43.4 Å². The summed E-state index contributed by atoms with van der Waals surface area (Å²) in [6.45, 7) is -2.61. The third-order valence-corrected chi connectivity index (χ3v) is 2.28. The van der Waals surface area contributed by atoms with Crippen molar-refractivity contribution in [2.24, 2.45) is 0 Å². The van der Waals surface area contributed by atoms with Gasteiger partial charge in [-0.05, 0) is 12.5 Å². The fourth-order valence-corrected chi connectivity index (χ4v) is 1.42. The SMILES string of the molecule is CCCCCOc1ccccc1[B-](F)(F)F. The quantitative estimate of drug-likeness (QED) is 0.539. The molecule has 90 valence electrons. The van der Waals surface area contributed by atoms with Crippen molar-refractivity contribution in [3.05, 3.63) is 24.3 Å². The lowest BCUT2D eigenvalue weighted by Gasteiger charge is -2.19. The zero-order chi connectivity index (χ0) is 12.0. The molecule has 5 heteroatoms. The smallest absolute Gasteiger partial charge is 0.497 e. The first-order valence-electron chi connectivity index (χ1n) is 5.47. The van der Waals surface area contributed by atoms with Crippen LogP contribution >= 0.6 is 0 Å². The minimum Gasteiger partial charge on any atom is -0.497 e. The van der Waals surface area contributed by atoms with Crippen molar-refractivity contribution < 1.29 is 17.7 Å². The summed E-state index contributed by atoms with van der Waals surface area (Å²) in [4.78, 5) is 0. The molecular formula is C11H15BF3O-. The summed E-state index contributed by atoms with van der Waals surface area (Å²) in [5, 5.41) is 0. The Hall–Kier alpha value is -1.13. The molecule has 0 fully saturated rings. The molecule has 0 aliphatic carbocycles. The molecule has 0 atom stereocenters. The first-order valence-corrected chi connectivity index (χ1v) is 5.47. The van der Waals surface area contributed by atoms with Gasteiger partial charge >= 0.3 is 6.98 Å². The summed E-state index contributed by atoms with van der Waals surface area (Å²) in [6, 6.07) is 5.37. The van der Waals surface area contributed by atoms with Gasteiger partial charge in [-0.15, -0.1) is 0 Å². The molecule has 0 bridgehead atoms. The molecule has 0 aromatic heterocycles. The molecule has 0 spiro atoms. The second-order valence-electron chi connectivity index (χ2n) is 3.67. The molecule has 0 unspecified atom stereocenters. The topological polar surface area (TPSA) is 9.23 Å². The Labute approximate surface area is 93.7 Å². The second kappa shape index (κ2) is 5.82. The van der Waals surface area contributed by atoms with Gasteiger partial charge in [-0.25, -0.2) is 0 Å². The van der Waals surface area contributed by atoms with Gasteiger partial charge in [-0.3, -0.25) is 0 Å². The van der Waals surface area contributed by atoms with E-state index in [1.54, 1.807) is 6.07 Å². The van der Waals surface area contributed by atoms with E-state index in [9.17, 15) is 12.9 Å². The molecule has 0 heterocycles. The first-order chi connectivity index (χ1) is 7.55. The normalized spacial score (nSPS) is 11.5. The van der Waals surface area contributed by atoms with E-state index in [0.29, 0.717) is 6.61 Å². The van der Waals surface area contributed by atoms with E-state index in [1.165, 1.54) is 12.1 Å². The summed E-state index contributed by atoms with van der Waals surface area (Å²) in [5.74, 6) is -0.0499. The molecule has 0 N–H and O–H groups in total. The van der Waals surface area contributed by atoms with E-state index < -0.39 is 12.4 Å². The maximum Gasteiger partial charge on any atom is 0.513 e. The molecule has 1 nitrogen and oxygen atoms in total. The lowest BCUT2D eigenvalue weighted by Crippen LogP contribution is -2.35. The third kappa shape index (κ3) is 3.79. The summed E-state index contributed by atoms with van der Waals surface area (Å²) < 4.78 is 43.0. The van der Waals surface area contributed by atoms with Gasteiger partial charge in [0.15, 0.2) is 0 Å². The van der Waals surface area contributed by atoms with Crippen LogP contribution in [0.4, 0.5) is 12.9 Å². The largest absolute Gasteiger partial charge is 0.513 e. The van der Waals surface area contributed by atoms with Crippen molar-refractivity contribution in [3.63, 3.8) is 0 Å². The standard InChI is InChI=1S/C11H15BF3O/c1-2-3-6-9-16-11-8-5-4-7-10(11)12(13,14)15/h4-5,7-8H,2-3,6,9H2,1H3/q-1. The molecule has 16 heavy (non-hydrogen) atoms. The Morgan fingerprint density at radius 3 is 2.44 bits per heavy atom. The van der Waals surface area contributed by atoms with E-state index >= 15 is 0 Å². The van der Waals surface area contributed by atoms with Crippen molar-refractivity contribution in [1.29, 1.82) is 0 Å². The van der Waals surface area contributed by atoms with Crippen LogP contribution in [-0.2, 0) is 0 Å². The fraction of sp³-hybridized carbons (Fsp3) is 0.455. The number of para-hydroxylation sites is 1. The van der Waals surface area contributed by atoms with Gasteiger partial charge in [0.2, 0.25) is 0 Å². The van der Waals surface area contributed by atoms with Crippen LogP contribution in [-0.4, -0.2) is 13.6 Å². The van der Waals surface area contributed by atoms with Gasteiger partial charge in [-0.2, -0.15) is 0 Å². The van der Waals surface area contributed by atoms with Crippen LogP contribution in [0.1, 0.15) is 26.2 Å². The van der Waals surface area contributed by atoms with Crippen molar-refractivity contribution >= 4 is 12.4 Å². The highest BCUT2D eigenvalue weighted by atomic mass is 19.4. The lowest BCUT2D eigenvalue weighted by atomic mass is 9.79.